The third-order valence-corrected chi connectivity index (χ3v) is 4.72. The van der Waals surface area contributed by atoms with Gasteiger partial charge in [-0.2, -0.15) is 0 Å². The second kappa shape index (κ2) is 4.98. The maximum atomic E-state index is 11.0. The summed E-state index contributed by atoms with van der Waals surface area (Å²) in [5.41, 5.74) is 1.98. The van der Waals surface area contributed by atoms with Gasteiger partial charge < -0.3 is 15.2 Å². The zero-order chi connectivity index (χ0) is 14.4. The molecule has 0 aromatic heterocycles. The highest BCUT2D eigenvalue weighted by Gasteiger charge is 2.44. The zero-order valence-corrected chi connectivity index (χ0v) is 13.5. The number of halogens is 1. The van der Waals surface area contributed by atoms with Crippen molar-refractivity contribution in [3.05, 3.63) is 28.2 Å². The minimum Gasteiger partial charge on any atom is -0.376 e. The highest BCUT2D eigenvalue weighted by atomic mass is 79.9. The lowest BCUT2D eigenvalue weighted by Crippen LogP contribution is -2.61. The van der Waals surface area contributed by atoms with E-state index in [1.54, 1.807) is 0 Å². The van der Waals surface area contributed by atoms with E-state index in [1.807, 2.05) is 12.1 Å². The topological polar surface area (TPSA) is 53.5 Å². The summed E-state index contributed by atoms with van der Waals surface area (Å²) < 4.78 is 6.80. The molecule has 5 heteroatoms. The minimum absolute atomic E-state index is 0.128. The van der Waals surface area contributed by atoms with Crippen molar-refractivity contribution in [2.45, 2.75) is 44.7 Å². The lowest BCUT2D eigenvalue weighted by atomic mass is 9.83. The van der Waals surface area contributed by atoms with Gasteiger partial charge in [0.25, 0.3) is 0 Å². The van der Waals surface area contributed by atoms with E-state index >= 15 is 0 Å². The van der Waals surface area contributed by atoms with Crippen molar-refractivity contribution in [3.63, 3.8) is 0 Å². The first-order chi connectivity index (χ1) is 9.38. The maximum absolute atomic E-state index is 11.0. The molecule has 110 valence electrons. The number of aliphatic hydroxyl groups is 1. The molecular weight excluding hydrogens is 320 g/mol. The minimum atomic E-state index is -1.05. The van der Waals surface area contributed by atoms with Gasteiger partial charge in [-0.1, -0.05) is 15.9 Å². The smallest absolute Gasteiger partial charge is 0.196 e. The van der Waals surface area contributed by atoms with Crippen LogP contribution < -0.4 is 10.6 Å². The molecule has 1 fully saturated rings. The van der Waals surface area contributed by atoms with E-state index in [1.165, 1.54) is 0 Å². The Morgan fingerprint density at radius 3 is 2.95 bits per heavy atom. The Kier molecular flexibility index (Phi) is 3.57. The number of hydrogen-bond acceptors (Lipinski definition) is 4. The van der Waals surface area contributed by atoms with Gasteiger partial charge in [-0.15, -0.1) is 0 Å². The molecule has 1 aromatic carbocycles. The lowest BCUT2D eigenvalue weighted by Gasteiger charge is -2.46. The molecule has 3 N–H and O–H groups in total. The Morgan fingerprint density at radius 1 is 1.40 bits per heavy atom. The van der Waals surface area contributed by atoms with Gasteiger partial charge in [0.05, 0.1) is 5.60 Å². The summed E-state index contributed by atoms with van der Waals surface area (Å²) in [5.74, 6) is -0.926. The summed E-state index contributed by atoms with van der Waals surface area (Å²) in [7, 11) is 0. The van der Waals surface area contributed by atoms with Crippen LogP contribution >= 0.6 is 15.9 Å². The molecule has 1 aromatic rings. The van der Waals surface area contributed by atoms with Gasteiger partial charge >= 0.3 is 0 Å². The van der Waals surface area contributed by atoms with Crippen LogP contribution in [0.3, 0.4) is 0 Å². The van der Waals surface area contributed by atoms with Crippen molar-refractivity contribution < 1.29 is 9.84 Å². The lowest BCUT2D eigenvalue weighted by molar-refractivity contribution is -0.131. The van der Waals surface area contributed by atoms with Crippen molar-refractivity contribution in [1.29, 1.82) is 0 Å². The molecular formula is C15H21BrN2O2. The summed E-state index contributed by atoms with van der Waals surface area (Å²) in [4.78, 5) is 0. The molecule has 2 heterocycles. The number of rotatable bonds is 1. The second-order valence-electron chi connectivity index (χ2n) is 6.34. The first-order valence-electron chi connectivity index (χ1n) is 7.06. The summed E-state index contributed by atoms with van der Waals surface area (Å²) >= 11 is 3.48. The van der Waals surface area contributed by atoms with E-state index in [9.17, 15) is 5.11 Å². The van der Waals surface area contributed by atoms with Crippen molar-refractivity contribution in [2.24, 2.45) is 5.92 Å². The zero-order valence-electron chi connectivity index (χ0n) is 11.9. The van der Waals surface area contributed by atoms with E-state index in [0.717, 1.165) is 28.6 Å². The molecule has 0 spiro atoms. The predicted octanol–water partition coefficient (Wildman–Crippen LogP) is 2.82. The normalized spacial score (nSPS) is 32.3. The van der Waals surface area contributed by atoms with Gasteiger partial charge in [0, 0.05) is 29.2 Å². The Morgan fingerprint density at radius 2 is 2.20 bits per heavy atom. The molecule has 2 unspecified atom stereocenters. The standard InChI is InChI=1S/C15H21BrN2O2/c1-14(2)8-11(5-6-20-14)15(19)17-9-10-7-12(16)3-4-13(10)18-15/h3-4,7,11,17-19H,5-6,8-9H2,1-2H3. The summed E-state index contributed by atoms with van der Waals surface area (Å²) in [6.07, 6.45) is 1.68. The highest BCUT2D eigenvalue weighted by molar-refractivity contribution is 9.10. The van der Waals surface area contributed by atoms with Crippen LogP contribution in [0.5, 0.6) is 0 Å². The molecule has 0 amide bonds. The molecule has 20 heavy (non-hydrogen) atoms. The Balaban J connectivity index is 1.82. The van der Waals surface area contributed by atoms with Crippen LogP contribution in [0.15, 0.2) is 22.7 Å². The molecule has 0 saturated carbocycles. The van der Waals surface area contributed by atoms with Crippen molar-refractivity contribution >= 4 is 21.6 Å². The molecule has 0 radical (unpaired) electrons. The van der Waals surface area contributed by atoms with Crippen LogP contribution in [0.4, 0.5) is 5.69 Å². The third kappa shape index (κ3) is 2.72. The number of nitrogens with one attached hydrogen (secondary N) is 2. The number of benzene rings is 1. The van der Waals surface area contributed by atoms with Gasteiger partial charge in [0.1, 0.15) is 0 Å². The molecule has 4 nitrogen and oxygen atoms in total. The van der Waals surface area contributed by atoms with Crippen molar-refractivity contribution in [3.8, 4) is 0 Å². The predicted molar refractivity (Wildman–Crippen MR) is 82.3 cm³/mol. The van der Waals surface area contributed by atoms with Crippen LogP contribution in [-0.4, -0.2) is 23.2 Å². The molecule has 2 aliphatic heterocycles. The SMILES string of the molecule is CC1(C)CC(C2(O)NCc3cc(Br)ccc3N2)CCO1. The first kappa shape index (κ1) is 14.3. The fourth-order valence-corrected chi connectivity index (χ4v) is 3.55. The van der Waals surface area contributed by atoms with E-state index in [4.69, 9.17) is 4.74 Å². The Bertz CT molecular complexity index is 521. The van der Waals surface area contributed by atoms with Crippen LogP contribution in [0.25, 0.3) is 0 Å². The quantitative estimate of drug-likeness (QED) is 0.735. The number of anilines is 1. The van der Waals surface area contributed by atoms with Gasteiger partial charge in [-0.25, -0.2) is 0 Å². The van der Waals surface area contributed by atoms with Crippen LogP contribution in [0.2, 0.25) is 0 Å². The first-order valence-corrected chi connectivity index (χ1v) is 7.85. The van der Waals surface area contributed by atoms with Gasteiger partial charge in [0.2, 0.25) is 0 Å². The van der Waals surface area contributed by atoms with Crippen molar-refractivity contribution in [1.82, 2.24) is 5.32 Å². The molecule has 1 saturated heterocycles. The van der Waals surface area contributed by atoms with Crippen LogP contribution in [0, 0.1) is 5.92 Å². The number of fused-ring (bicyclic) bond motifs is 1. The fraction of sp³-hybridized carbons (Fsp3) is 0.600. The molecule has 2 aliphatic rings. The molecule has 0 bridgehead atoms. The fourth-order valence-electron chi connectivity index (χ4n) is 3.14. The third-order valence-electron chi connectivity index (χ3n) is 4.23. The Labute approximate surface area is 128 Å². The van der Waals surface area contributed by atoms with Crippen LogP contribution in [0.1, 0.15) is 32.3 Å². The van der Waals surface area contributed by atoms with E-state index < -0.39 is 5.85 Å². The number of hydrogen-bond donors (Lipinski definition) is 3. The summed E-state index contributed by atoms with van der Waals surface area (Å²) in [5, 5.41) is 17.5. The highest BCUT2D eigenvalue weighted by Crippen LogP contribution is 2.37. The van der Waals surface area contributed by atoms with Gasteiger partial charge in [-0.3, -0.25) is 5.32 Å². The maximum Gasteiger partial charge on any atom is 0.196 e. The van der Waals surface area contributed by atoms with E-state index in [2.05, 4.69) is 46.5 Å². The summed E-state index contributed by atoms with van der Waals surface area (Å²) in [6.45, 7) is 5.51. The second-order valence-corrected chi connectivity index (χ2v) is 7.26. The number of ether oxygens (including phenoxy) is 1. The molecule has 2 atom stereocenters. The Hall–Kier alpha value is -0.620. The van der Waals surface area contributed by atoms with E-state index in [0.29, 0.717) is 13.2 Å². The van der Waals surface area contributed by atoms with Crippen molar-refractivity contribution in [2.75, 3.05) is 11.9 Å². The van der Waals surface area contributed by atoms with Gasteiger partial charge in [0.15, 0.2) is 5.85 Å². The van der Waals surface area contributed by atoms with Gasteiger partial charge in [-0.05, 0) is 50.5 Å². The molecule has 3 rings (SSSR count). The average Bonchev–Trinajstić information content (AvgIpc) is 2.38. The monoisotopic (exact) mass is 340 g/mol. The average molecular weight is 341 g/mol. The summed E-state index contributed by atoms with van der Waals surface area (Å²) in [6, 6.07) is 6.07. The largest absolute Gasteiger partial charge is 0.376 e. The molecule has 0 aliphatic carbocycles. The van der Waals surface area contributed by atoms with E-state index in [-0.39, 0.29) is 11.5 Å². The van der Waals surface area contributed by atoms with Crippen LogP contribution in [-0.2, 0) is 11.3 Å².